The van der Waals surface area contributed by atoms with Gasteiger partial charge in [-0.05, 0) is 30.8 Å². The third kappa shape index (κ3) is 4.27. The molecule has 4 rings (SSSR count). The number of fused-ring (bicyclic) bond motifs is 1. The Balaban J connectivity index is 1.65. The van der Waals surface area contributed by atoms with Crippen LogP contribution in [0.25, 0.3) is 10.2 Å². The summed E-state index contributed by atoms with van der Waals surface area (Å²) >= 11 is 0.533. The molecule has 5 nitrogen and oxygen atoms in total. The number of benzene rings is 1. The van der Waals surface area contributed by atoms with Crippen molar-refractivity contribution >= 4 is 27.4 Å². The standard InChI is InChI=1S/C22H23F2N5S/c1-13(2)20-8-17-21(26-12-27-22(17)30-20)28-16-3-5-29(6-4-16)11-15-7-14(10-25)18(23)9-19(15)24/h7-9,12-13,16H,3-6,11H2,1-2H3,(H,26,27,28)/i1D3,2D3,8D,11D,13D,16D/hD. The van der Waals surface area contributed by atoms with E-state index in [2.05, 4.69) is 9.97 Å². The van der Waals surface area contributed by atoms with Crippen LogP contribution in [0, 0.1) is 23.0 Å². The van der Waals surface area contributed by atoms with Crippen LogP contribution in [0.3, 0.4) is 0 Å². The van der Waals surface area contributed by atoms with Crippen LogP contribution in [0.2, 0.25) is 1.41 Å². The van der Waals surface area contributed by atoms with Crippen LogP contribution in [0.15, 0.2) is 24.5 Å². The van der Waals surface area contributed by atoms with Crippen molar-refractivity contribution in [2.45, 2.75) is 45.0 Å². The Hall–Kier alpha value is -2.63. The molecule has 8 heteroatoms. The maximum Gasteiger partial charge on any atom is 0.162 e. The predicted octanol–water partition coefficient (Wildman–Crippen LogP) is 5.04. The normalized spacial score (nSPS) is 24.2. The number of nitriles is 1. The molecule has 1 saturated heterocycles. The number of likely N-dealkylation sites (tertiary alicyclic amines) is 1. The van der Waals surface area contributed by atoms with E-state index in [-0.39, 0.29) is 47.5 Å². The van der Waals surface area contributed by atoms with E-state index in [9.17, 15) is 8.78 Å². The molecule has 1 aromatic carbocycles. The molecular weight excluding hydrogens is 404 g/mol. The first-order valence-corrected chi connectivity index (χ1v) is 9.78. The monoisotopic (exact) mass is 438 g/mol. The molecule has 0 spiro atoms. The van der Waals surface area contributed by atoms with Crippen molar-refractivity contribution in [3.8, 4) is 6.07 Å². The van der Waals surface area contributed by atoms with Gasteiger partial charge in [0.1, 0.15) is 34.7 Å². The van der Waals surface area contributed by atoms with Crippen LogP contribution in [-0.4, -0.2) is 34.0 Å². The summed E-state index contributed by atoms with van der Waals surface area (Å²) in [5.74, 6) is -5.45. The molecule has 0 radical (unpaired) electrons. The number of nitrogens with one attached hydrogen (secondary N) is 1. The van der Waals surface area contributed by atoms with Crippen LogP contribution < -0.4 is 5.31 Å². The fourth-order valence-electron chi connectivity index (χ4n) is 3.10. The number of piperidine rings is 1. The van der Waals surface area contributed by atoms with Crippen LogP contribution in [0.1, 0.15) is 62.2 Å². The minimum absolute atomic E-state index is 0.0234. The van der Waals surface area contributed by atoms with Crippen molar-refractivity contribution in [3.63, 3.8) is 0 Å². The lowest BCUT2D eigenvalue weighted by atomic mass is 10.0. The molecule has 1 atom stereocenters. The Morgan fingerprint density at radius 2 is 2.27 bits per heavy atom. The van der Waals surface area contributed by atoms with Crippen molar-refractivity contribution in [1.29, 1.82) is 5.26 Å². The van der Waals surface area contributed by atoms with E-state index >= 15 is 0 Å². The lowest BCUT2D eigenvalue weighted by Crippen LogP contribution is -2.39. The fourth-order valence-corrected chi connectivity index (χ4v) is 3.89. The zero-order chi connectivity index (χ0) is 30.7. The van der Waals surface area contributed by atoms with Gasteiger partial charge in [0.05, 0.1) is 13.7 Å². The first-order valence-electron chi connectivity index (χ1n) is 14.5. The van der Waals surface area contributed by atoms with E-state index in [1.807, 2.05) is 0 Å². The third-order valence-electron chi connectivity index (χ3n) is 4.62. The number of nitrogens with zero attached hydrogens (tertiary/aromatic N) is 4. The Morgan fingerprint density at radius 3 is 3.00 bits per heavy atom. The molecule has 156 valence electrons. The quantitative estimate of drug-likeness (QED) is 0.604. The first kappa shape index (κ1) is 11.1. The van der Waals surface area contributed by atoms with Gasteiger partial charge in [-0.15, -0.1) is 11.3 Å². The summed E-state index contributed by atoms with van der Waals surface area (Å²) in [6.07, 6.45) is 0.892. The smallest absolute Gasteiger partial charge is 0.162 e. The highest BCUT2D eigenvalue weighted by atomic mass is 32.1. The van der Waals surface area contributed by atoms with Crippen LogP contribution in [0.4, 0.5) is 14.6 Å². The number of hydrogen-bond donors (Lipinski definition) is 1. The number of rotatable bonds is 5. The van der Waals surface area contributed by atoms with E-state index in [0.717, 1.165) is 12.4 Å². The number of halogens is 2. The van der Waals surface area contributed by atoms with Crippen molar-refractivity contribution in [2.75, 3.05) is 18.4 Å². The zero-order valence-corrected chi connectivity index (χ0v) is 16.4. The van der Waals surface area contributed by atoms with Crippen molar-refractivity contribution < 1.29 is 23.9 Å². The summed E-state index contributed by atoms with van der Waals surface area (Å²) in [4.78, 5) is 8.91. The van der Waals surface area contributed by atoms with Gasteiger partial charge in [0.2, 0.25) is 0 Å². The van der Waals surface area contributed by atoms with Crippen LogP contribution in [0.5, 0.6) is 0 Å². The van der Waals surface area contributed by atoms with E-state index in [1.165, 1.54) is 4.90 Å². The second-order valence-corrected chi connectivity index (χ2v) is 7.62. The molecule has 30 heavy (non-hydrogen) atoms. The summed E-state index contributed by atoms with van der Waals surface area (Å²) in [6, 6.07) is 0.798. The number of aromatic nitrogens is 2. The van der Waals surface area contributed by atoms with Crippen molar-refractivity contribution in [2.24, 2.45) is 0 Å². The molecule has 3 aromatic rings. The Kier molecular flexibility index (Phi) is 3.20. The second kappa shape index (κ2) is 8.62. The van der Waals surface area contributed by atoms with Crippen LogP contribution >= 0.6 is 11.3 Å². The molecule has 0 bridgehead atoms. The number of hydrogen-bond acceptors (Lipinski definition) is 6. The average Bonchev–Trinajstić information content (AvgIpc) is 3.23. The molecule has 3 heterocycles. The molecule has 0 saturated carbocycles. The molecule has 1 aliphatic heterocycles. The van der Waals surface area contributed by atoms with Gasteiger partial charge in [-0.2, -0.15) is 5.26 Å². The Labute approximate surface area is 193 Å². The van der Waals surface area contributed by atoms with Gasteiger partial charge in [-0.3, -0.25) is 4.90 Å². The van der Waals surface area contributed by atoms with Crippen molar-refractivity contribution in [3.05, 3.63) is 52.1 Å². The summed E-state index contributed by atoms with van der Waals surface area (Å²) in [7, 11) is 0. The molecule has 1 aliphatic rings. The minimum atomic E-state index is -3.34. The third-order valence-corrected chi connectivity index (χ3v) is 5.64. The van der Waals surface area contributed by atoms with Gasteiger partial charge in [-0.25, -0.2) is 18.7 Å². The van der Waals surface area contributed by atoms with E-state index in [1.54, 1.807) is 6.07 Å². The lowest BCUT2D eigenvalue weighted by molar-refractivity contribution is 0.208. The summed E-state index contributed by atoms with van der Waals surface area (Å²) in [6.45, 7) is -7.94. The SMILES string of the molecule is [2H]c1c(C([2H])(C([2H])([2H])[2H])C([2H])([2H])[2H])sc2ncnc(N([2H])C3([2H])CCN(C([2H])c4cc(C#N)c(F)cc4F)CC3)c12. The molecule has 1 fully saturated rings. The topological polar surface area (TPSA) is 64.8 Å². The molecule has 1 unspecified atom stereocenters. The maximum absolute atomic E-state index is 14.4. The van der Waals surface area contributed by atoms with Gasteiger partial charge in [0, 0.05) is 53.1 Å². The first-order chi connectivity index (χ1) is 18.9. The highest BCUT2D eigenvalue weighted by Gasteiger charge is 2.22. The largest absolute Gasteiger partial charge is 0.367 e. The van der Waals surface area contributed by atoms with E-state index in [4.69, 9.17) is 20.4 Å². The molecular formula is C22H23F2N5S. The molecule has 1 N–H and O–H groups in total. The zero-order valence-electron chi connectivity index (χ0n) is 26.5. The fraction of sp³-hybridized carbons (Fsp3) is 0.409. The number of anilines is 1. The lowest BCUT2D eigenvalue weighted by Gasteiger charge is -2.32. The Morgan fingerprint density at radius 1 is 1.47 bits per heavy atom. The Bertz CT molecular complexity index is 1500. The average molecular weight is 439 g/mol. The van der Waals surface area contributed by atoms with Gasteiger partial charge in [0.15, 0.2) is 1.41 Å². The highest BCUT2D eigenvalue weighted by molar-refractivity contribution is 7.18. The van der Waals surface area contributed by atoms with Crippen molar-refractivity contribution in [1.82, 2.24) is 14.9 Å². The highest BCUT2D eigenvalue weighted by Crippen LogP contribution is 2.33. The maximum atomic E-state index is 14.4. The summed E-state index contributed by atoms with van der Waals surface area (Å²) in [5.41, 5.74) is -0.627. The van der Waals surface area contributed by atoms with Gasteiger partial charge in [0.25, 0.3) is 0 Å². The predicted molar refractivity (Wildman–Crippen MR) is 114 cm³/mol. The number of thiophene rings is 1. The molecule has 2 aromatic heterocycles. The van der Waals surface area contributed by atoms with Gasteiger partial charge < -0.3 is 5.31 Å². The van der Waals surface area contributed by atoms with Crippen LogP contribution in [-0.2, 0) is 6.52 Å². The molecule has 0 aliphatic carbocycles. The molecule has 0 amide bonds. The van der Waals surface area contributed by atoms with E-state index < -0.39 is 60.3 Å². The van der Waals surface area contributed by atoms with Gasteiger partial charge in [-0.1, -0.05) is 13.7 Å². The minimum Gasteiger partial charge on any atom is -0.367 e. The summed E-state index contributed by atoms with van der Waals surface area (Å²) in [5, 5.41) is 9.60. The second-order valence-electron chi connectivity index (χ2n) is 6.62. The van der Waals surface area contributed by atoms with Gasteiger partial charge >= 0.3 is 0 Å². The summed E-state index contributed by atoms with van der Waals surface area (Å²) < 4.78 is 118. The van der Waals surface area contributed by atoms with E-state index in [0.29, 0.717) is 22.7 Å².